The van der Waals surface area contributed by atoms with Gasteiger partial charge in [0.05, 0.1) is 0 Å². The third-order valence-corrected chi connectivity index (χ3v) is 3.52. The van der Waals surface area contributed by atoms with Crippen molar-refractivity contribution >= 4 is 11.3 Å². The summed E-state index contributed by atoms with van der Waals surface area (Å²) >= 11 is 1.65. The minimum absolute atomic E-state index is 0.174. The molecule has 0 aliphatic rings. The number of hydrogen-bond donors (Lipinski definition) is 1. The average Bonchev–Trinajstić information content (AvgIpc) is 2.74. The Labute approximate surface area is 98.7 Å². The highest BCUT2D eigenvalue weighted by Crippen LogP contribution is 2.22. The van der Waals surface area contributed by atoms with Gasteiger partial charge >= 0.3 is 0 Å². The molecule has 2 rings (SSSR count). The van der Waals surface area contributed by atoms with Gasteiger partial charge < -0.3 is 5.73 Å². The maximum absolute atomic E-state index is 13.8. The number of hydrogen-bond acceptors (Lipinski definition) is 2. The van der Waals surface area contributed by atoms with E-state index >= 15 is 0 Å². The van der Waals surface area contributed by atoms with E-state index in [1.54, 1.807) is 30.4 Å². The summed E-state index contributed by atoms with van der Waals surface area (Å²) in [6.07, 6.45) is 0.693. The van der Waals surface area contributed by atoms with Crippen LogP contribution in [-0.4, -0.2) is 0 Å². The molecule has 2 N–H and O–H groups in total. The van der Waals surface area contributed by atoms with Gasteiger partial charge in [0.25, 0.3) is 0 Å². The maximum atomic E-state index is 13.8. The van der Waals surface area contributed by atoms with Gasteiger partial charge in [0.15, 0.2) is 0 Å². The zero-order valence-electron chi connectivity index (χ0n) is 9.11. The SMILES string of the molecule is Cc1cccc(C(N)Cc2cccs2)c1F. The molecule has 1 aromatic heterocycles. The molecular weight excluding hydrogens is 221 g/mol. The van der Waals surface area contributed by atoms with Crippen molar-refractivity contribution in [2.45, 2.75) is 19.4 Å². The molecule has 1 atom stereocenters. The summed E-state index contributed by atoms with van der Waals surface area (Å²) in [7, 11) is 0. The molecule has 1 aromatic carbocycles. The second kappa shape index (κ2) is 4.76. The van der Waals surface area contributed by atoms with Crippen LogP contribution in [0.1, 0.15) is 22.0 Å². The summed E-state index contributed by atoms with van der Waals surface area (Å²) in [5.74, 6) is -0.174. The Balaban J connectivity index is 2.21. The molecule has 0 aliphatic carbocycles. The quantitative estimate of drug-likeness (QED) is 0.866. The standard InChI is InChI=1S/C13H14FNS/c1-9-4-2-6-11(13(9)14)12(15)8-10-5-3-7-16-10/h2-7,12H,8,15H2,1H3. The van der Waals surface area contributed by atoms with Gasteiger partial charge in [-0.2, -0.15) is 0 Å². The van der Waals surface area contributed by atoms with E-state index in [0.29, 0.717) is 17.5 Å². The summed E-state index contributed by atoms with van der Waals surface area (Å²) < 4.78 is 13.8. The lowest BCUT2D eigenvalue weighted by molar-refractivity contribution is 0.574. The van der Waals surface area contributed by atoms with E-state index in [1.807, 2.05) is 23.6 Å². The molecule has 0 amide bonds. The number of aryl methyl sites for hydroxylation is 1. The lowest BCUT2D eigenvalue weighted by Crippen LogP contribution is -2.14. The molecule has 0 bridgehead atoms. The first-order valence-corrected chi connectivity index (χ1v) is 6.09. The molecule has 3 heteroatoms. The van der Waals surface area contributed by atoms with Gasteiger partial charge in [-0.25, -0.2) is 4.39 Å². The zero-order valence-corrected chi connectivity index (χ0v) is 9.93. The van der Waals surface area contributed by atoms with E-state index < -0.39 is 0 Å². The number of thiophene rings is 1. The Bertz CT molecular complexity index is 465. The first-order valence-electron chi connectivity index (χ1n) is 5.21. The summed E-state index contributed by atoms with van der Waals surface area (Å²) in [6, 6.07) is 9.12. The van der Waals surface area contributed by atoms with E-state index in [2.05, 4.69) is 0 Å². The summed E-state index contributed by atoms with van der Waals surface area (Å²) in [6.45, 7) is 1.76. The fraction of sp³-hybridized carbons (Fsp3) is 0.231. The predicted molar refractivity (Wildman–Crippen MR) is 66.1 cm³/mol. The third-order valence-electron chi connectivity index (χ3n) is 2.62. The normalized spacial score (nSPS) is 12.7. The third kappa shape index (κ3) is 2.31. The van der Waals surface area contributed by atoms with Gasteiger partial charge in [-0.15, -0.1) is 11.3 Å². The van der Waals surface area contributed by atoms with Gasteiger partial charge in [-0.05, 0) is 23.9 Å². The van der Waals surface area contributed by atoms with Crippen molar-refractivity contribution in [3.8, 4) is 0 Å². The molecule has 84 valence electrons. The monoisotopic (exact) mass is 235 g/mol. The van der Waals surface area contributed by atoms with Crippen LogP contribution in [0.25, 0.3) is 0 Å². The molecule has 0 aliphatic heterocycles. The smallest absolute Gasteiger partial charge is 0.130 e. The summed E-state index contributed by atoms with van der Waals surface area (Å²) in [5.41, 5.74) is 7.28. The van der Waals surface area contributed by atoms with Crippen LogP contribution in [0.5, 0.6) is 0 Å². The number of rotatable bonds is 3. The topological polar surface area (TPSA) is 26.0 Å². The minimum atomic E-state index is -0.265. The van der Waals surface area contributed by atoms with Crippen molar-refractivity contribution in [2.75, 3.05) is 0 Å². The van der Waals surface area contributed by atoms with Crippen LogP contribution in [0.4, 0.5) is 4.39 Å². The molecule has 1 nitrogen and oxygen atoms in total. The molecule has 1 heterocycles. The van der Waals surface area contributed by atoms with Crippen LogP contribution >= 0.6 is 11.3 Å². The molecule has 0 radical (unpaired) electrons. The van der Waals surface area contributed by atoms with Crippen molar-refractivity contribution in [1.82, 2.24) is 0 Å². The average molecular weight is 235 g/mol. The van der Waals surface area contributed by atoms with E-state index in [9.17, 15) is 4.39 Å². The Morgan fingerprint density at radius 3 is 2.81 bits per heavy atom. The zero-order chi connectivity index (χ0) is 11.5. The van der Waals surface area contributed by atoms with Gasteiger partial charge in [-0.1, -0.05) is 24.3 Å². The first-order chi connectivity index (χ1) is 7.68. The molecule has 0 fully saturated rings. The van der Waals surface area contributed by atoms with Gasteiger partial charge in [-0.3, -0.25) is 0 Å². The highest BCUT2D eigenvalue weighted by molar-refractivity contribution is 7.09. The Hall–Kier alpha value is -1.19. The Morgan fingerprint density at radius 2 is 2.12 bits per heavy atom. The summed E-state index contributed by atoms with van der Waals surface area (Å²) in [5, 5.41) is 2.01. The van der Waals surface area contributed by atoms with Gasteiger partial charge in [0.1, 0.15) is 5.82 Å². The first kappa shape index (κ1) is 11.3. The second-order valence-corrected chi connectivity index (χ2v) is 4.90. The van der Waals surface area contributed by atoms with Crippen LogP contribution < -0.4 is 5.73 Å². The van der Waals surface area contributed by atoms with Crippen LogP contribution in [0.2, 0.25) is 0 Å². The van der Waals surface area contributed by atoms with Crippen LogP contribution in [0.3, 0.4) is 0 Å². The van der Waals surface area contributed by atoms with Gasteiger partial charge in [0.2, 0.25) is 0 Å². The molecule has 0 spiro atoms. The molecule has 0 saturated heterocycles. The van der Waals surface area contributed by atoms with Crippen molar-refractivity contribution in [3.05, 3.63) is 57.5 Å². The predicted octanol–water partition coefficient (Wildman–Crippen LogP) is 3.44. The largest absolute Gasteiger partial charge is 0.324 e. The number of halogens is 1. The Kier molecular flexibility index (Phi) is 3.36. The molecule has 2 aromatic rings. The number of benzene rings is 1. The van der Waals surface area contributed by atoms with Crippen LogP contribution in [-0.2, 0) is 6.42 Å². The van der Waals surface area contributed by atoms with Crippen molar-refractivity contribution < 1.29 is 4.39 Å². The van der Waals surface area contributed by atoms with E-state index in [0.717, 1.165) is 0 Å². The molecule has 0 saturated carbocycles. The highest BCUT2D eigenvalue weighted by atomic mass is 32.1. The lowest BCUT2D eigenvalue weighted by Gasteiger charge is -2.13. The van der Waals surface area contributed by atoms with Crippen LogP contribution in [0, 0.1) is 12.7 Å². The fourth-order valence-electron chi connectivity index (χ4n) is 1.71. The van der Waals surface area contributed by atoms with Crippen molar-refractivity contribution in [1.29, 1.82) is 0 Å². The maximum Gasteiger partial charge on any atom is 0.130 e. The minimum Gasteiger partial charge on any atom is -0.324 e. The van der Waals surface area contributed by atoms with Gasteiger partial charge in [0, 0.05) is 22.9 Å². The lowest BCUT2D eigenvalue weighted by atomic mass is 10.0. The highest BCUT2D eigenvalue weighted by Gasteiger charge is 2.13. The van der Waals surface area contributed by atoms with Crippen molar-refractivity contribution in [2.24, 2.45) is 5.73 Å². The summed E-state index contributed by atoms with van der Waals surface area (Å²) in [4.78, 5) is 1.19. The molecular formula is C13H14FNS. The molecule has 1 unspecified atom stereocenters. The second-order valence-electron chi connectivity index (χ2n) is 3.87. The fourth-order valence-corrected chi connectivity index (χ4v) is 2.48. The van der Waals surface area contributed by atoms with E-state index in [-0.39, 0.29) is 11.9 Å². The van der Waals surface area contributed by atoms with Crippen LogP contribution in [0.15, 0.2) is 35.7 Å². The van der Waals surface area contributed by atoms with E-state index in [1.165, 1.54) is 4.88 Å². The Morgan fingerprint density at radius 1 is 1.31 bits per heavy atom. The molecule has 16 heavy (non-hydrogen) atoms. The number of nitrogens with two attached hydrogens (primary N) is 1. The van der Waals surface area contributed by atoms with Crippen molar-refractivity contribution in [3.63, 3.8) is 0 Å². The van der Waals surface area contributed by atoms with E-state index in [4.69, 9.17) is 5.73 Å².